The van der Waals surface area contributed by atoms with Gasteiger partial charge in [-0.3, -0.25) is 4.79 Å². The van der Waals surface area contributed by atoms with Crippen molar-refractivity contribution >= 4 is 5.91 Å². The molecular formula is C11H18N2O2. The normalized spacial score (nSPS) is 12.5. The van der Waals surface area contributed by atoms with Crippen molar-refractivity contribution in [1.29, 1.82) is 0 Å². The lowest BCUT2D eigenvalue weighted by Gasteiger charge is -2.17. The fourth-order valence-electron chi connectivity index (χ4n) is 1.25. The molecule has 1 heterocycles. The number of hydrogen-bond donors (Lipinski definition) is 1. The van der Waals surface area contributed by atoms with Crippen LogP contribution in [0.1, 0.15) is 25.5 Å². The molecule has 1 aromatic heterocycles. The summed E-state index contributed by atoms with van der Waals surface area (Å²) >= 11 is 0. The van der Waals surface area contributed by atoms with Crippen LogP contribution >= 0.6 is 0 Å². The molecule has 0 saturated heterocycles. The third-order valence-electron chi connectivity index (χ3n) is 2.36. The predicted octanol–water partition coefficient (Wildman–Crippen LogP) is 1.37. The Balaban J connectivity index is 2.40. The van der Waals surface area contributed by atoms with Gasteiger partial charge in [0.25, 0.3) is 0 Å². The molecule has 1 aromatic rings. The van der Waals surface area contributed by atoms with Gasteiger partial charge in [0.05, 0.1) is 12.8 Å². The summed E-state index contributed by atoms with van der Waals surface area (Å²) in [5.74, 6) is 0.844. The van der Waals surface area contributed by atoms with Gasteiger partial charge in [0.1, 0.15) is 5.76 Å². The minimum Gasteiger partial charge on any atom is -0.467 e. The zero-order valence-electron chi connectivity index (χ0n) is 9.27. The number of furan rings is 1. The Hall–Kier alpha value is -1.29. The van der Waals surface area contributed by atoms with Gasteiger partial charge in [-0.05, 0) is 18.6 Å². The van der Waals surface area contributed by atoms with Gasteiger partial charge >= 0.3 is 0 Å². The highest BCUT2D eigenvalue weighted by Gasteiger charge is 2.13. The van der Waals surface area contributed by atoms with Crippen molar-refractivity contribution in [2.24, 2.45) is 5.73 Å². The summed E-state index contributed by atoms with van der Waals surface area (Å²) in [6.45, 7) is 2.48. The van der Waals surface area contributed by atoms with Gasteiger partial charge in [-0.15, -0.1) is 0 Å². The molecule has 1 amide bonds. The van der Waals surface area contributed by atoms with E-state index in [4.69, 9.17) is 10.2 Å². The highest BCUT2D eigenvalue weighted by Crippen LogP contribution is 2.06. The van der Waals surface area contributed by atoms with Crippen LogP contribution in [0.15, 0.2) is 22.8 Å². The second-order valence-corrected chi connectivity index (χ2v) is 3.70. The van der Waals surface area contributed by atoms with Crippen molar-refractivity contribution in [1.82, 2.24) is 4.90 Å². The summed E-state index contributed by atoms with van der Waals surface area (Å²) in [5, 5.41) is 0. The number of carbonyl (C=O) groups is 1. The van der Waals surface area contributed by atoms with Gasteiger partial charge < -0.3 is 15.1 Å². The number of hydrogen-bond acceptors (Lipinski definition) is 3. The largest absolute Gasteiger partial charge is 0.467 e. The molecule has 84 valence electrons. The van der Waals surface area contributed by atoms with Crippen LogP contribution in [-0.2, 0) is 11.3 Å². The highest BCUT2D eigenvalue weighted by atomic mass is 16.3. The first kappa shape index (κ1) is 11.8. The van der Waals surface area contributed by atoms with Crippen molar-refractivity contribution in [2.75, 3.05) is 7.05 Å². The molecule has 0 fully saturated rings. The quantitative estimate of drug-likeness (QED) is 0.798. The summed E-state index contributed by atoms with van der Waals surface area (Å²) in [6, 6.07) is 3.62. The van der Waals surface area contributed by atoms with Gasteiger partial charge in [0, 0.05) is 19.5 Å². The second-order valence-electron chi connectivity index (χ2n) is 3.70. The van der Waals surface area contributed by atoms with Crippen LogP contribution < -0.4 is 5.73 Å². The fourth-order valence-corrected chi connectivity index (χ4v) is 1.25. The SMILES string of the molecule is CCC(N)CC(=O)N(C)Cc1ccco1. The molecule has 4 nitrogen and oxygen atoms in total. The maximum Gasteiger partial charge on any atom is 0.224 e. The van der Waals surface area contributed by atoms with E-state index in [1.807, 2.05) is 19.1 Å². The summed E-state index contributed by atoms with van der Waals surface area (Å²) in [6.07, 6.45) is 2.82. The zero-order valence-corrected chi connectivity index (χ0v) is 9.27. The van der Waals surface area contributed by atoms with Crippen LogP contribution in [-0.4, -0.2) is 23.9 Å². The summed E-state index contributed by atoms with van der Waals surface area (Å²) in [7, 11) is 1.76. The van der Waals surface area contributed by atoms with Crippen LogP contribution in [0, 0.1) is 0 Å². The lowest BCUT2D eigenvalue weighted by molar-refractivity contribution is -0.131. The first-order valence-electron chi connectivity index (χ1n) is 5.15. The maximum absolute atomic E-state index is 11.6. The van der Waals surface area contributed by atoms with Crippen molar-refractivity contribution in [3.63, 3.8) is 0 Å². The monoisotopic (exact) mass is 210 g/mol. The number of rotatable bonds is 5. The van der Waals surface area contributed by atoms with Crippen LogP contribution in [0.3, 0.4) is 0 Å². The van der Waals surface area contributed by atoms with Crippen molar-refractivity contribution in [2.45, 2.75) is 32.4 Å². The van der Waals surface area contributed by atoms with Gasteiger partial charge in [-0.2, -0.15) is 0 Å². The molecule has 0 aliphatic rings. The van der Waals surface area contributed by atoms with Crippen LogP contribution in [0.5, 0.6) is 0 Å². The van der Waals surface area contributed by atoms with E-state index in [1.165, 1.54) is 0 Å². The van der Waals surface area contributed by atoms with E-state index in [1.54, 1.807) is 18.2 Å². The molecule has 0 saturated carbocycles. The third-order valence-corrected chi connectivity index (χ3v) is 2.36. The summed E-state index contributed by atoms with van der Waals surface area (Å²) in [5.41, 5.74) is 5.71. The standard InChI is InChI=1S/C11H18N2O2/c1-3-9(12)7-11(14)13(2)8-10-5-4-6-15-10/h4-6,9H,3,7-8,12H2,1-2H3. The Morgan fingerprint density at radius 3 is 2.93 bits per heavy atom. The molecular weight excluding hydrogens is 192 g/mol. The minimum absolute atomic E-state index is 0.0449. The van der Waals surface area contributed by atoms with Crippen molar-refractivity contribution in [3.8, 4) is 0 Å². The molecule has 0 aliphatic carbocycles. The molecule has 15 heavy (non-hydrogen) atoms. The smallest absolute Gasteiger partial charge is 0.224 e. The van der Waals surface area contributed by atoms with Gasteiger partial charge in [-0.1, -0.05) is 6.92 Å². The zero-order chi connectivity index (χ0) is 11.3. The average Bonchev–Trinajstić information content (AvgIpc) is 2.70. The van der Waals surface area contributed by atoms with Crippen molar-refractivity contribution in [3.05, 3.63) is 24.2 Å². The maximum atomic E-state index is 11.6. The van der Waals surface area contributed by atoms with E-state index >= 15 is 0 Å². The Labute approximate surface area is 90.0 Å². The molecule has 1 unspecified atom stereocenters. The van der Waals surface area contributed by atoms with E-state index in [2.05, 4.69) is 0 Å². The number of nitrogens with two attached hydrogens (primary N) is 1. The molecule has 2 N–H and O–H groups in total. The Morgan fingerprint density at radius 1 is 1.67 bits per heavy atom. The van der Waals surface area contributed by atoms with Crippen LogP contribution in [0.4, 0.5) is 0 Å². The van der Waals surface area contributed by atoms with Gasteiger partial charge in [0.2, 0.25) is 5.91 Å². The molecule has 0 bridgehead atoms. The predicted molar refractivity (Wildman–Crippen MR) is 58.1 cm³/mol. The number of nitrogens with zero attached hydrogens (tertiary/aromatic N) is 1. The van der Waals surface area contributed by atoms with E-state index in [-0.39, 0.29) is 11.9 Å². The Kier molecular flexibility index (Phi) is 4.37. The summed E-state index contributed by atoms with van der Waals surface area (Å²) < 4.78 is 5.16. The van der Waals surface area contributed by atoms with Crippen LogP contribution in [0.2, 0.25) is 0 Å². The van der Waals surface area contributed by atoms with E-state index in [9.17, 15) is 4.79 Å². The molecule has 0 spiro atoms. The topological polar surface area (TPSA) is 59.5 Å². The lowest BCUT2D eigenvalue weighted by Crippen LogP contribution is -2.32. The fraction of sp³-hybridized carbons (Fsp3) is 0.545. The first-order chi connectivity index (χ1) is 7.13. The number of carbonyl (C=O) groups excluding carboxylic acids is 1. The number of amides is 1. The highest BCUT2D eigenvalue weighted by molar-refractivity contribution is 5.76. The van der Waals surface area contributed by atoms with E-state index in [0.29, 0.717) is 13.0 Å². The third kappa shape index (κ3) is 3.75. The lowest BCUT2D eigenvalue weighted by atomic mass is 10.1. The van der Waals surface area contributed by atoms with Crippen molar-refractivity contribution < 1.29 is 9.21 Å². The second kappa shape index (κ2) is 5.56. The Morgan fingerprint density at radius 2 is 2.40 bits per heavy atom. The van der Waals surface area contributed by atoms with Crippen LogP contribution in [0.25, 0.3) is 0 Å². The Bertz CT molecular complexity index is 296. The first-order valence-corrected chi connectivity index (χ1v) is 5.15. The van der Waals surface area contributed by atoms with Gasteiger partial charge in [0.15, 0.2) is 0 Å². The van der Waals surface area contributed by atoms with E-state index in [0.717, 1.165) is 12.2 Å². The van der Waals surface area contributed by atoms with E-state index < -0.39 is 0 Å². The summed E-state index contributed by atoms with van der Waals surface area (Å²) in [4.78, 5) is 13.3. The van der Waals surface area contributed by atoms with Gasteiger partial charge in [-0.25, -0.2) is 0 Å². The molecule has 0 aliphatic heterocycles. The molecule has 0 radical (unpaired) electrons. The molecule has 0 aromatic carbocycles. The minimum atomic E-state index is -0.0449. The average molecular weight is 210 g/mol. The molecule has 4 heteroatoms. The molecule has 1 atom stereocenters. The molecule has 1 rings (SSSR count).